The first kappa shape index (κ1) is 19.6. The Kier molecular flexibility index (Phi) is 4.12. The molecule has 3 saturated heterocycles. The van der Waals surface area contributed by atoms with E-state index < -0.39 is 28.6 Å². The van der Waals surface area contributed by atoms with Crippen molar-refractivity contribution in [3.05, 3.63) is 41.5 Å². The number of allylic oxidation sites excluding steroid dienone is 1. The number of hydrogen-bond acceptors (Lipinski definition) is 7. The van der Waals surface area contributed by atoms with Gasteiger partial charge in [0.2, 0.25) is 0 Å². The summed E-state index contributed by atoms with van der Waals surface area (Å²) in [6, 6.07) is 7.95. The Morgan fingerprint density at radius 2 is 2.13 bits per heavy atom. The third kappa shape index (κ3) is 1.93. The van der Waals surface area contributed by atoms with Gasteiger partial charge in [0.15, 0.2) is 0 Å². The molecule has 0 aromatic heterocycles. The van der Waals surface area contributed by atoms with Crippen LogP contribution >= 0.6 is 0 Å². The molecule has 160 valence electrons. The molecule has 1 aromatic carbocycles. The number of rotatable bonds is 3. The van der Waals surface area contributed by atoms with Crippen molar-refractivity contribution in [1.29, 1.82) is 0 Å². The van der Waals surface area contributed by atoms with Gasteiger partial charge in [-0.3, -0.25) is 14.5 Å². The molecular weight excluding hydrogens is 384 g/mol. The third-order valence-corrected chi connectivity index (χ3v) is 8.16. The summed E-state index contributed by atoms with van der Waals surface area (Å²) in [5.74, 6) is -1.11. The first-order valence-corrected chi connectivity index (χ1v) is 10.6. The zero-order valence-electron chi connectivity index (χ0n) is 17.6. The Balaban J connectivity index is 1.89. The van der Waals surface area contributed by atoms with Crippen LogP contribution in [-0.2, 0) is 24.5 Å². The predicted octanol–water partition coefficient (Wildman–Crippen LogP) is 1.82. The molecule has 5 aliphatic rings. The van der Waals surface area contributed by atoms with Crippen LogP contribution in [0.1, 0.15) is 32.3 Å². The molecule has 6 rings (SSSR count). The number of hydrogen-bond donors (Lipinski definition) is 2. The molecule has 7 nitrogen and oxygen atoms in total. The number of carbonyl (C=O) groups excluding carboxylic acids is 2. The van der Waals surface area contributed by atoms with E-state index in [1.165, 1.54) is 14.0 Å². The average Bonchev–Trinajstić information content (AvgIpc) is 3.17. The molecule has 2 N–H and O–H groups in total. The van der Waals surface area contributed by atoms with Gasteiger partial charge in [-0.05, 0) is 31.4 Å². The lowest BCUT2D eigenvalue weighted by molar-refractivity contribution is -0.189. The number of ether oxygens (including phenoxy) is 2. The van der Waals surface area contributed by atoms with Crippen LogP contribution in [0.15, 0.2) is 35.9 Å². The summed E-state index contributed by atoms with van der Waals surface area (Å²) in [5, 5.41) is 15.2. The number of esters is 2. The van der Waals surface area contributed by atoms with Crippen LogP contribution in [0, 0.1) is 11.3 Å². The number of aliphatic hydroxyl groups is 1. The zero-order valence-corrected chi connectivity index (χ0v) is 17.6. The second-order valence-electron chi connectivity index (χ2n) is 8.92. The van der Waals surface area contributed by atoms with Crippen molar-refractivity contribution in [2.75, 3.05) is 32.1 Å². The summed E-state index contributed by atoms with van der Waals surface area (Å²) < 4.78 is 11.1. The van der Waals surface area contributed by atoms with E-state index in [0.29, 0.717) is 19.4 Å². The van der Waals surface area contributed by atoms with Gasteiger partial charge < -0.3 is 19.9 Å². The SMILES string of the molecule is C/C=C1\CN2CCC34c5ccccc5NC23C(O)CC1C4(COC(C)=O)C(=O)OC. The second kappa shape index (κ2) is 6.31. The Hall–Kier alpha value is -2.38. The summed E-state index contributed by atoms with van der Waals surface area (Å²) in [6.45, 7) is 4.63. The van der Waals surface area contributed by atoms with Crippen molar-refractivity contribution in [2.24, 2.45) is 11.3 Å². The molecule has 4 bridgehead atoms. The topological polar surface area (TPSA) is 88.1 Å². The molecular formula is C23H28N2O5. The maximum absolute atomic E-state index is 13.8. The summed E-state index contributed by atoms with van der Waals surface area (Å²) in [6.07, 6.45) is 2.42. The molecule has 0 radical (unpaired) electrons. The van der Waals surface area contributed by atoms with E-state index in [0.717, 1.165) is 23.4 Å². The Bertz CT molecular complexity index is 961. The van der Waals surface area contributed by atoms with Crippen molar-refractivity contribution in [2.45, 2.75) is 43.9 Å². The quantitative estimate of drug-likeness (QED) is 0.578. The number of benzene rings is 1. The lowest BCUT2D eigenvalue weighted by Gasteiger charge is -2.59. The fourth-order valence-electron chi connectivity index (χ4n) is 7.20. The normalized spacial score (nSPS) is 41.6. The monoisotopic (exact) mass is 412 g/mol. The molecule has 1 spiro atoms. The molecule has 7 heteroatoms. The molecule has 30 heavy (non-hydrogen) atoms. The Labute approximate surface area is 176 Å². The van der Waals surface area contributed by atoms with Crippen molar-refractivity contribution < 1.29 is 24.2 Å². The number of nitrogens with zero attached hydrogens (tertiary/aromatic N) is 1. The van der Waals surface area contributed by atoms with E-state index in [2.05, 4.69) is 10.2 Å². The predicted molar refractivity (Wildman–Crippen MR) is 110 cm³/mol. The van der Waals surface area contributed by atoms with Gasteiger partial charge in [-0.2, -0.15) is 0 Å². The molecule has 4 fully saturated rings. The molecule has 1 aliphatic carbocycles. The van der Waals surface area contributed by atoms with Crippen LogP contribution < -0.4 is 5.32 Å². The van der Waals surface area contributed by atoms with Crippen molar-refractivity contribution >= 4 is 17.6 Å². The van der Waals surface area contributed by atoms with Crippen LogP contribution in [0.3, 0.4) is 0 Å². The van der Waals surface area contributed by atoms with E-state index in [9.17, 15) is 14.7 Å². The van der Waals surface area contributed by atoms with E-state index in [1.54, 1.807) is 0 Å². The minimum absolute atomic E-state index is 0.0741. The number of anilines is 1. The maximum Gasteiger partial charge on any atom is 0.316 e. The minimum Gasteiger partial charge on any atom is -0.468 e. The molecule has 1 aromatic rings. The van der Waals surface area contributed by atoms with Crippen LogP contribution in [0.5, 0.6) is 0 Å². The first-order valence-electron chi connectivity index (χ1n) is 10.6. The van der Waals surface area contributed by atoms with E-state index in [-0.39, 0.29) is 18.5 Å². The van der Waals surface area contributed by atoms with Crippen molar-refractivity contribution in [3.63, 3.8) is 0 Å². The van der Waals surface area contributed by atoms with Crippen LogP contribution in [-0.4, -0.2) is 60.5 Å². The molecule has 0 amide bonds. The van der Waals surface area contributed by atoms with Crippen molar-refractivity contribution in [1.82, 2.24) is 4.90 Å². The highest BCUT2D eigenvalue weighted by atomic mass is 16.5. The van der Waals surface area contributed by atoms with Gasteiger partial charge in [0.05, 0.1) is 18.6 Å². The van der Waals surface area contributed by atoms with Gasteiger partial charge in [0, 0.05) is 31.6 Å². The largest absolute Gasteiger partial charge is 0.468 e. The van der Waals surface area contributed by atoms with Gasteiger partial charge in [-0.25, -0.2) is 0 Å². The number of methoxy groups -OCH3 is 1. The van der Waals surface area contributed by atoms with Crippen LogP contribution in [0.4, 0.5) is 5.69 Å². The number of nitrogens with one attached hydrogen (secondary N) is 1. The summed E-state index contributed by atoms with van der Waals surface area (Å²) in [4.78, 5) is 28.0. The van der Waals surface area contributed by atoms with Gasteiger partial charge in [0.25, 0.3) is 0 Å². The number of para-hydroxylation sites is 1. The highest BCUT2D eigenvalue weighted by molar-refractivity contribution is 5.86. The molecule has 6 unspecified atom stereocenters. The fraction of sp³-hybridized carbons (Fsp3) is 0.565. The summed E-state index contributed by atoms with van der Waals surface area (Å²) >= 11 is 0. The third-order valence-electron chi connectivity index (χ3n) is 8.16. The fourth-order valence-corrected chi connectivity index (χ4v) is 7.20. The molecule has 4 aliphatic heterocycles. The Morgan fingerprint density at radius 3 is 2.83 bits per heavy atom. The lowest BCUT2D eigenvalue weighted by Crippen LogP contribution is -2.75. The second-order valence-corrected chi connectivity index (χ2v) is 8.92. The number of carbonyl (C=O) groups is 2. The summed E-state index contributed by atoms with van der Waals surface area (Å²) in [5.41, 5.74) is 0.210. The van der Waals surface area contributed by atoms with Gasteiger partial charge in [-0.15, -0.1) is 0 Å². The van der Waals surface area contributed by atoms with Gasteiger partial charge in [0.1, 0.15) is 17.7 Å². The smallest absolute Gasteiger partial charge is 0.316 e. The van der Waals surface area contributed by atoms with Crippen molar-refractivity contribution in [3.8, 4) is 0 Å². The standard InChI is InChI=1S/C23H28N2O5/c1-4-15-12-25-10-9-22-16-7-5-6-8-18(16)24-23(22,25)19(27)11-17(15)21(22,20(28)29-3)13-30-14(2)26/h4-8,17,19,24,27H,9-13H2,1-3H3/b15-4+. The Morgan fingerprint density at radius 1 is 1.37 bits per heavy atom. The van der Waals surface area contributed by atoms with E-state index >= 15 is 0 Å². The lowest BCUT2D eigenvalue weighted by atomic mass is 9.45. The van der Waals surface area contributed by atoms with Crippen LogP contribution in [0.2, 0.25) is 0 Å². The minimum atomic E-state index is -1.14. The van der Waals surface area contributed by atoms with Gasteiger partial charge >= 0.3 is 11.9 Å². The number of aliphatic hydroxyl groups excluding tert-OH is 1. The molecule has 1 saturated carbocycles. The van der Waals surface area contributed by atoms with Gasteiger partial charge in [-0.1, -0.05) is 29.8 Å². The van der Waals surface area contributed by atoms with E-state index in [4.69, 9.17) is 9.47 Å². The summed E-state index contributed by atoms with van der Waals surface area (Å²) in [7, 11) is 1.40. The highest BCUT2D eigenvalue weighted by Crippen LogP contribution is 2.72. The van der Waals surface area contributed by atoms with E-state index in [1.807, 2.05) is 37.3 Å². The average molecular weight is 412 g/mol. The first-order chi connectivity index (χ1) is 14.4. The number of fused-ring (bicyclic) bond motifs is 3. The molecule has 4 heterocycles. The maximum atomic E-state index is 13.8. The van der Waals surface area contributed by atoms with Crippen LogP contribution in [0.25, 0.3) is 0 Å². The highest BCUT2D eigenvalue weighted by Gasteiger charge is 2.83. The zero-order chi connectivity index (χ0) is 21.3. The molecule has 6 atom stereocenters.